The lowest BCUT2D eigenvalue weighted by molar-refractivity contribution is -0.139. The summed E-state index contributed by atoms with van der Waals surface area (Å²) < 4.78 is 0. The molecule has 1 fully saturated rings. The van der Waals surface area contributed by atoms with Gasteiger partial charge in [0.1, 0.15) is 6.04 Å². The molecule has 0 spiro atoms. The van der Waals surface area contributed by atoms with Gasteiger partial charge in [-0.1, -0.05) is 20.3 Å². The third-order valence-corrected chi connectivity index (χ3v) is 3.61. The van der Waals surface area contributed by atoms with Crippen molar-refractivity contribution in [1.29, 1.82) is 0 Å². The number of hydrogen-bond acceptors (Lipinski definition) is 2. The van der Waals surface area contributed by atoms with Gasteiger partial charge in [0.25, 0.3) is 0 Å². The van der Waals surface area contributed by atoms with Crippen LogP contribution in [0.1, 0.15) is 39.5 Å². The predicted molar refractivity (Wildman–Crippen MR) is 51.4 cm³/mol. The van der Waals surface area contributed by atoms with Crippen LogP contribution in [-0.2, 0) is 4.79 Å². The molecule has 76 valence electrons. The van der Waals surface area contributed by atoms with E-state index in [0.717, 1.165) is 0 Å². The molecule has 3 N–H and O–H groups in total. The Balaban J connectivity index is 2.40. The maximum atomic E-state index is 10.5. The Morgan fingerprint density at radius 1 is 1.62 bits per heavy atom. The Bertz CT molecular complexity index is 199. The van der Waals surface area contributed by atoms with Crippen molar-refractivity contribution < 1.29 is 9.90 Å². The van der Waals surface area contributed by atoms with Gasteiger partial charge in [-0.2, -0.15) is 0 Å². The minimum Gasteiger partial charge on any atom is -0.480 e. The summed E-state index contributed by atoms with van der Waals surface area (Å²) >= 11 is 0. The summed E-state index contributed by atoms with van der Waals surface area (Å²) in [7, 11) is 0. The smallest absolute Gasteiger partial charge is 0.320 e. The van der Waals surface area contributed by atoms with Gasteiger partial charge < -0.3 is 10.8 Å². The van der Waals surface area contributed by atoms with Crippen LogP contribution < -0.4 is 5.73 Å². The minimum absolute atomic E-state index is 0.354. The Morgan fingerprint density at radius 3 is 2.46 bits per heavy atom. The molecule has 0 aliphatic heterocycles. The molecular formula is C10H19NO2. The van der Waals surface area contributed by atoms with Gasteiger partial charge >= 0.3 is 5.97 Å². The van der Waals surface area contributed by atoms with E-state index in [1.54, 1.807) is 0 Å². The van der Waals surface area contributed by atoms with E-state index in [-0.39, 0.29) is 0 Å². The number of hydrogen-bond donors (Lipinski definition) is 2. The zero-order valence-corrected chi connectivity index (χ0v) is 8.42. The summed E-state index contributed by atoms with van der Waals surface area (Å²) in [5.41, 5.74) is 5.85. The average molecular weight is 185 g/mol. The Labute approximate surface area is 79.3 Å². The van der Waals surface area contributed by atoms with E-state index >= 15 is 0 Å². The van der Waals surface area contributed by atoms with Crippen LogP contribution >= 0.6 is 0 Å². The maximum absolute atomic E-state index is 10.5. The van der Waals surface area contributed by atoms with E-state index in [1.807, 2.05) is 0 Å². The molecule has 0 amide bonds. The lowest BCUT2D eigenvalue weighted by Crippen LogP contribution is -2.39. The average Bonchev–Trinajstić information content (AvgIpc) is 1.99. The molecule has 0 aromatic carbocycles. The number of aliphatic carboxylic acids is 1. The number of carboxylic acid groups (broad SMARTS) is 1. The first-order valence-electron chi connectivity index (χ1n) is 4.94. The molecule has 13 heavy (non-hydrogen) atoms. The molecule has 3 heteroatoms. The van der Waals surface area contributed by atoms with Gasteiger partial charge in [0.2, 0.25) is 0 Å². The summed E-state index contributed by atoms with van der Waals surface area (Å²) in [4.78, 5) is 10.5. The van der Waals surface area contributed by atoms with Crippen LogP contribution in [-0.4, -0.2) is 17.1 Å². The van der Waals surface area contributed by atoms with Crippen molar-refractivity contribution in [2.75, 3.05) is 0 Å². The van der Waals surface area contributed by atoms with Crippen LogP contribution in [0.25, 0.3) is 0 Å². The van der Waals surface area contributed by atoms with Gasteiger partial charge in [-0.15, -0.1) is 0 Å². The van der Waals surface area contributed by atoms with E-state index < -0.39 is 12.0 Å². The van der Waals surface area contributed by atoms with Gasteiger partial charge in [0.05, 0.1) is 0 Å². The van der Waals surface area contributed by atoms with Gasteiger partial charge in [-0.3, -0.25) is 4.79 Å². The van der Waals surface area contributed by atoms with Crippen molar-refractivity contribution in [2.24, 2.45) is 17.1 Å². The molecule has 1 aliphatic carbocycles. The first kappa shape index (κ1) is 10.5. The number of rotatable bonds is 4. The van der Waals surface area contributed by atoms with Crippen molar-refractivity contribution in [2.45, 2.75) is 45.6 Å². The third-order valence-electron chi connectivity index (χ3n) is 3.61. The van der Waals surface area contributed by atoms with Gasteiger partial charge in [0, 0.05) is 0 Å². The molecule has 0 aromatic heterocycles. The lowest BCUT2D eigenvalue weighted by Gasteiger charge is -2.44. The normalized spacial score (nSPS) is 24.5. The molecule has 2 unspecified atom stereocenters. The standard InChI is InChI=1S/C10H19NO2/c1-7(6-8(11)9(12)13)10(2)4-3-5-10/h7-8H,3-6,11H2,1-2H3,(H,12,13). The minimum atomic E-state index is -0.880. The van der Waals surface area contributed by atoms with E-state index in [1.165, 1.54) is 19.3 Å². The molecule has 0 radical (unpaired) electrons. The van der Waals surface area contributed by atoms with Crippen molar-refractivity contribution >= 4 is 5.97 Å². The summed E-state index contributed by atoms with van der Waals surface area (Å²) in [6.45, 7) is 4.34. The van der Waals surface area contributed by atoms with Crippen LogP contribution in [0, 0.1) is 11.3 Å². The second kappa shape index (κ2) is 3.66. The molecule has 1 aliphatic rings. The van der Waals surface area contributed by atoms with Crippen LogP contribution in [0.4, 0.5) is 0 Å². The molecule has 0 bridgehead atoms. The molecular weight excluding hydrogens is 166 g/mol. The molecule has 0 aromatic rings. The number of carbonyl (C=O) groups is 1. The van der Waals surface area contributed by atoms with Crippen molar-refractivity contribution in [3.05, 3.63) is 0 Å². The fraction of sp³-hybridized carbons (Fsp3) is 0.900. The van der Waals surface area contributed by atoms with E-state index in [0.29, 0.717) is 17.8 Å². The highest BCUT2D eigenvalue weighted by molar-refractivity contribution is 5.73. The lowest BCUT2D eigenvalue weighted by atomic mass is 9.62. The van der Waals surface area contributed by atoms with Gasteiger partial charge in [-0.05, 0) is 30.6 Å². The fourth-order valence-electron chi connectivity index (χ4n) is 1.99. The largest absolute Gasteiger partial charge is 0.480 e. The summed E-state index contributed by atoms with van der Waals surface area (Å²) in [5.74, 6) is -0.456. The van der Waals surface area contributed by atoms with Crippen molar-refractivity contribution in [1.82, 2.24) is 0 Å². The first-order valence-corrected chi connectivity index (χ1v) is 4.94. The van der Waals surface area contributed by atoms with Crippen LogP contribution in [0.5, 0.6) is 0 Å². The van der Waals surface area contributed by atoms with E-state index in [9.17, 15) is 4.79 Å². The highest BCUT2D eigenvalue weighted by Gasteiger charge is 2.38. The Morgan fingerprint density at radius 2 is 2.15 bits per heavy atom. The SMILES string of the molecule is CC(CC(N)C(=O)O)C1(C)CCC1. The highest BCUT2D eigenvalue weighted by Crippen LogP contribution is 2.47. The second-order valence-corrected chi connectivity index (χ2v) is 4.59. The quantitative estimate of drug-likeness (QED) is 0.699. The summed E-state index contributed by atoms with van der Waals surface area (Å²) in [5, 5.41) is 8.66. The third kappa shape index (κ3) is 2.21. The molecule has 1 rings (SSSR count). The zero-order valence-electron chi connectivity index (χ0n) is 8.42. The molecule has 1 saturated carbocycles. The van der Waals surface area contributed by atoms with Gasteiger partial charge in [0.15, 0.2) is 0 Å². The fourth-order valence-corrected chi connectivity index (χ4v) is 1.99. The summed E-state index contributed by atoms with van der Waals surface area (Å²) in [6.07, 6.45) is 4.33. The van der Waals surface area contributed by atoms with E-state index in [2.05, 4.69) is 13.8 Å². The van der Waals surface area contributed by atoms with Crippen molar-refractivity contribution in [3.8, 4) is 0 Å². The topological polar surface area (TPSA) is 63.3 Å². The Hall–Kier alpha value is -0.570. The van der Waals surface area contributed by atoms with Crippen LogP contribution in [0.3, 0.4) is 0 Å². The Kier molecular flexibility index (Phi) is 2.96. The van der Waals surface area contributed by atoms with Crippen molar-refractivity contribution in [3.63, 3.8) is 0 Å². The second-order valence-electron chi connectivity index (χ2n) is 4.59. The van der Waals surface area contributed by atoms with Crippen LogP contribution in [0.15, 0.2) is 0 Å². The van der Waals surface area contributed by atoms with Gasteiger partial charge in [-0.25, -0.2) is 0 Å². The zero-order chi connectivity index (χ0) is 10.1. The predicted octanol–water partition coefficient (Wildman–Crippen LogP) is 1.61. The first-order chi connectivity index (χ1) is 5.96. The molecule has 3 nitrogen and oxygen atoms in total. The highest BCUT2D eigenvalue weighted by atomic mass is 16.4. The van der Waals surface area contributed by atoms with E-state index in [4.69, 9.17) is 10.8 Å². The maximum Gasteiger partial charge on any atom is 0.320 e. The summed E-state index contributed by atoms with van der Waals surface area (Å²) in [6, 6.07) is -0.688. The number of nitrogens with two attached hydrogens (primary N) is 1. The number of carboxylic acids is 1. The molecule has 2 atom stereocenters. The van der Waals surface area contributed by atoms with Crippen LogP contribution in [0.2, 0.25) is 0 Å². The monoisotopic (exact) mass is 185 g/mol. The molecule has 0 saturated heterocycles. The molecule has 0 heterocycles.